The van der Waals surface area contributed by atoms with E-state index in [0.717, 1.165) is 0 Å². The Morgan fingerprint density at radius 3 is 2.59 bits per heavy atom. The Balaban J connectivity index is 2.22. The van der Waals surface area contributed by atoms with Crippen molar-refractivity contribution in [1.82, 2.24) is 5.32 Å². The number of rotatable bonds is 2. The summed E-state index contributed by atoms with van der Waals surface area (Å²) in [6.45, 7) is 3.76. The molecular weight excluding hydrogens is 302 g/mol. The molecule has 1 N–H and O–H groups in total. The van der Waals surface area contributed by atoms with E-state index in [1.165, 1.54) is 0 Å². The van der Waals surface area contributed by atoms with Gasteiger partial charge in [-0.15, -0.1) is 0 Å². The van der Waals surface area contributed by atoms with Gasteiger partial charge in [-0.05, 0) is 44.2 Å². The van der Waals surface area contributed by atoms with Gasteiger partial charge in [0.2, 0.25) is 5.43 Å². The number of carbonyl (C=O) groups excluding carboxylic acids is 1. The molecule has 0 aliphatic rings. The van der Waals surface area contributed by atoms with Crippen LogP contribution in [0.15, 0.2) is 45.6 Å². The summed E-state index contributed by atoms with van der Waals surface area (Å²) < 4.78 is 5.71. The number of halogens is 1. The van der Waals surface area contributed by atoms with Crippen LogP contribution in [-0.2, 0) is 0 Å². The second kappa shape index (κ2) is 5.46. The summed E-state index contributed by atoms with van der Waals surface area (Å²) in [5.74, 6) is -0.215. The first-order valence-corrected chi connectivity index (χ1v) is 7.30. The van der Waals surface area contributed by atoms with Gasteiger partial charge in [0, 0.05) is 22.7 Å². The van der Waals surface area contributed by atoms with Crippen LogP contribution in [-0.4, -0.2) is 11.9 Å². The highest BCUT2D eigenvalue weighted by atomic mass is 35.5. The molecule has 112 valence electrons. The Bertz CT molecular complexity index is 944. The second-order valence-electron chi connectivity index (χ2n) is 5.41. The van der Waals surface area contributed by atoms with Gasteiger partial charge in [0.25, 0.3) is 5.91 Å². The molecule has 0 saturated heterocycles. The average Bonchev–Trinajstić information content (AvgIpc) is 2.46. The fraction of sp³-hybridized carbons (Fsp3) is 0.176. The van der Waals surface area contributed by atoms with Gasteiger partial charge >= 0.3 is 0 Å². The van der Waals surface area contributed by atoms with Gasteiger partial charge < -0.3 is 9.73 Å². The average molecular weight is 316 g/mol. The van der Waals surface area contributed by atoms with Crippen molar-refractivity contribution in [3.05, 3.63) is 57.2 Å². The Morgan fingerprint density at radius 1 is 1.09 bits per heavy atom. The molecule has 0 unspecified atom stereocenters. The monoisotopic (exact) mass is 315 g/mol. The molecule has 0 bridgehead atoms. The highest BCUT2D eigenvalue weighted by molar-refractivity contribution is 6.31. The minimum Gasteiger partial charge on any atom is -0.456 e. The molecule has 1 heterocycles. The van der Waals surface area contributed by atoms with Crippen molar-refractivity contribution < 1.29 is 9.21 Å². The highest BCUT2D eigenvalue weighted by Gasteiger charge is 2.12. The van der Waals surface area contributed by atoms with Crippen molar-refractivity contribution in [2.45, 2.75) is 19.9 Å². The predicted octanol–water partition coefficient (Wildman–Crippen LogP) is 3.74. The molecule has 2 aromatic carbocycles. The van der Waals surface area contributed by atoms with Crippen LogP contribution in [0.1, 0.15) is 24.2 Å². The van der Waals surface area contributed by atoms with Gasteiger partial charge in [-0.25, -0.2) is 0 Å². The molecule has 0 aliphatic heterocycles. The topological polar surface area (TPSA) is 59.3 Å². The summed E-state index contributed by atoms with van der Waals surface area (Å²) in [5.41, 5.74) is 1.12. The minimum absolute atomic E-state index is 0.0263. The molecule has 0 radical (unpaired) electrons. The van der Waals surface area contributed by atoms with Crippen molar-refractivity contribution in [2.24, 2.45) is 0 Å². The molecule has 3 rings (SSSR count). The summed E-state index contributed by atoms with van der Waals surface area (Å²) >= 11 is 5.92. The van der Waals surface area contributed by atoms with Crippen molar-refractivity contribution >= 4 is 39.4 Å². The molecule has 1 aromatic heterocycles. The lowest BCUT2D eigenvalue weighted by Gasteiger charge is -2.09. The smallest absolute Gasteiger partial charge is 0.251 e. The lowest BCUT2D eigenvalue weighted by Crippen LogP contribution is -2.30. The number of carbonyl (C=O) groups is 1. The molecule has 0 saturated carbocycles. The molecule has 0 aliphatic carbocycles. The third-order valence-electron chi connectivity index (χ3n) is 3.31. The van der Waals surface area contributed by atoms with E-state index in [9.17, 15) is 9.59 Å². The minimum atomic E-state index is -0.215. The SMILES string of the molecule is CC(C)NC(=O)c1ccc2oc3cc(Cl)ccc3c(=O)c2c1. The molecule has 22 heavy (non-hydrogen) atoms. The molecule has 3 aromatic rings. The van der Waals surface area contributed by atoms with Gasteiger partial charge in [0.15, 0.2) is 0 Å². The third kappa shape index (κ3) is 2.57. The molecule has 1 amide bonds. The van der Waals surface area contributed by atoms with Crippen molar-refractivity contribution in [3.8, 4) is 0 Å². The van der Waals surface area contributed by atoms with E-state index < -0.39 is 0 Å². The summed E-state index contributed by atoms with van der Waals surface area (Å²) in [5, 5.41) is 4.13. The lowest BCUT2D eigenvalue weighted by molar-refractivity contribution is 0.0943. The summed E-state index contributed by atoms with van der Waals surface area (Å²) in [6, 6.07) is 9.74. The van der Waals surface area contributed by atoms with E-state index in [2.05, 4.69) is 5.32 Å². The van der Waals surface area contributed by atoms with Crippen LogP contribution in [0.2, 0.25) is 5.02 Å². The zero-order chi connectivity index (χ0) is 15.9. The van der Waals surface area contributed by atoms with Gasteiger partial charge in [-0.1, -0.05) is 11.6 Å². The fourth-order valence-corrected chi connectivity index (χ4v) is 2.48. The lowest BCUT2D eigenvalue weighted by atomic mass is 10.1. The van der Waals surface area contributed by atoms with Crippen LogP contribution in [0.3, 0.4) is 0 Å². The van der Waals surface area contributed by atoms with E-state index in [0.29, 0.717) is 32.5 Å². The number of nitrogens with one attached hydrogen (secondary N) is 1. The quantitative estimate of drug-likeness (QED) is 0.733. The third-order valence-corrected chi connectivity index (χ3v) is 3.55. The van der Waals surface area contributed by atoms with E-state index in [1.807, 2.05) is 13.8 Å². The number of hydrogen-bond acceptors (Lipinski definition) is 3. The van der Waals surface area contributed by atoms with Gasteiger partial charge in [-0.2, -0.15) is 0 Å². The van der Waals surface area contributed by atoms with Gasteiger partial charge in [0.1, 0.15) is 11.2 Å². The zero-order valence-electron chi connectivity index (χ0n) is 12.1. The molecule has 0 atom stereocenters. The molecule has 0 spiro atoms. The normalized spacial score (nSPS) is 11.3. The summed E-state index contributed by atoms with van der Waals surface area (Å²) in [7, 11) is 0. The molecule has 5 heteroatoms. The largest absolute Gasteiger partial charge is 0.456 e. The molecule has 0 fully saturated rings. The van der Waals surface area contributed by atoms with Crippen LogP contribution in [0.25, 0.3) is 21.9 Å². The van der Waals surface area contributed by atoms with E-state index in [4.69, 9.17) is 16.0 Å². The van der Waals surface area contributed by atoms with Crippen molar-refractivity contribution in [3.63, 3.8) is 0 Å². The van der Waals surface area contributed by atoms with Crippen LogP contribution in [0.5, 0.6) is 0 Å². The maximum Gasteiger partial charge on any atom is 0.251 e. The van der Waals surface area contributed by atoms with Gasteiger partial charge in [-0.3, -0.25) is 9.59 Å². The predicted molar refractivity (Wildman–Crippen MR) is 87.6 cm³/mol. The number of hydrogen-bond donors (Lipinski definition) is 1. The van der Waals surface area contributed by atoms with E-state index >= 15 is 0 Å². The Kier molecular flexibility index (Phi) is 3.62. The van der Waals surface area contributed by atoms with Crippen LogP contribution in [0, 0.1) is 0 Å². The molecular formula is C17H14ClNO3. The highest BCUT2D eigenvalue weighted by Crippen LogP contribution is 2.22. The zero-order valence-corrected chi connectivity index (χ0v) is 12.9. The van der Waals surface area contributed by atoms with Crippen molar-refractivity contribution in [1.29, 1.82) is 0 Å². The Hall–Kier alpha value is -2.33. The Morgan fingerprint density at radius 2 is 1.86 bits per heavy atom. The fourth-order valence-electron chi connectivity index (χ4n) is 2.31. The first-order valence-electron chi connectivity index (χ1n) is 6.92. The van der Waals surface area contributed by atoms with E-state index in [1.54, 1.807) is 36.4 Å². The number of benzene rings is 2. The summed E-state index contributed by atoms with van der Waals surface area (Å²) in [6.07, 6.45) is 0. The molecule has 4 nitrogen and oxygen atoms in total. The van der Waals surface area contributed by atoms with Crippen LogP contribution in [0.4, 0.5) is 0 Å². The second-order valence-corrected chi connectivity index (χ2v) is 5.85. The number of fused-ring (bicyclic) bond motifs is 2. The van der Waals surface area contributed by atoms with Crippen molar-refractivity contribution in [2.75, 3.05) is 0 Å². The van der Waals surface area contributed by atoms with E-state index in [-0.39, 0.29) is 17.4 Å². The maximum absolute atomic E-state index is 12.6. The Labute approximate surface area is 131 Å². The van der Waals surface area contributed by atoms with Gasteiger partial charge in [0.05, 0.1) is 10.8 Å². The first kappa shape index (κ1) is 14.6. The first-order chi connectivity index (χ1) is 10.5. The van der Waals surface area contributed by atoms with Crippen LogP contribution >= 0.6 is 11.6 Å². The maximum atomic E-state index is 12.6. The number of amides is 1. The van der Waals surface area contributed by atoms with Crippen LogP contribution < -0.4 is 10.7 Å². The standard InChI is InChI=1S/C17H14ClNO3/c1-9(2)19-17(21)10-3-6-14-13(7-10)16(20)12-5-4-11(18)8-15(12)22-14/h3-9H,1-2H3,(H,19,21). The summed E-state index contributed by atoms with van der Waals surface area (Å²) in [4.78, 5) is 24.6.